The van der Waals surface area contributed by atoms with Gasteiger partial charge in [0.05, 0.1) is 28.0 Å². The summed E-state index contributed by atoms with van der Waals surface area (Å²) in [6.07, 6.45) is -7.30. The van der Waals surface area contributed by atoms with Crippen LogP contribution in [0, 0.1) is 11.3 Å². The van der Waals surface area contributed by atoms with Gasteiger partial charge in [0, 0.05) is 17.8 Å². The summed E-state index contributed by atoms with van der Waals surface area (Å²) in [6, 6.07) is 9.18. The summed E-state index contributed by atoms with van der Waals surface area (Å²) in [6.45, 7) is 0.638. The van der Waals surface area contributed by atoms with Crippen LogP contribution in [-0.2, 0) is 16.2 Å². The second-order valence-electron chi connectivity index (χ2n) is 7.85. The third kappa shape index (κ3) is 5.00. The van der Waals surface area contributed by atoms with E-state index < -0.39 is 38.9 Å². The SMILES string of the molecule is CC(NS(=O)(=O)c1ccc(-c2c(C#N)c3ccc(C(F)(F)F)cc3n2-c2ccccn2)nc1)C(F)(F)F. The first kappa shape index (κ1) is 26.1. The Morgan fingerprint density at radius 1 is 1.03 bits per heavy atom. The van der Waals surface area contributed by atoms with Gasteiger partial charge < -0.3 is 0 Å². The van der Waals surface area contributed by atoms with E-state index in [1.807, 2.05) is 6.07 Å². The lowest BCUT2D eigenvalue weighted by atomic mass is 10.1. The minimum absolute atomic E-state index is 0.000702. The summed E-state index contributed by atoms with van der Waals surface area (Å²) < 4.78 is 106. The number of hydrogen-bond donors (Lipinski definition) is 1. The van der Waals surface area contributed by atoms with Crippen molar-refractivity contribution in [1.82, 2.24) is 19.3 Å². The molecule has 0 bridgehead atoms. The fourth-order valence-electron chi connectivity index (χ4n) is 3.59. The van der Waals surface area contributed by atoms with Crippen molar-refractivity contribution in [2.24, 2.45) is 0 Å². The Balaban J connectivity index is 1.91. The van der Waals surface area contributed by atoms with Crippen molar-refractivity contribution in [2.45, 2.75) is 30.2 Å². The highest BCUT2D eigenvalue weighted by molar-refractivity contribution is 7.89. The van der Waals surface area contributed by atoms with Gasteiger partial charge in [-0.25, -0.2) is 13.4 Å². The van der Waals surface area contributed by atoms with Gasteiger partial charge in [-0.15, -0.1) is 0 Å². The molecule has 3 aromatic heterocycles. The number of fused-ring (bicyclic) bond motifs is 1. The molecular weight excluding hydrogens is 524 g/mol. The zero-order valence-electron chi connectivity index (χ0n) is 18.6. The Hall–Kier alpha value is -3.96. The molecular formula is C23H15F6N5O2S. The lowest BCUT2D eigenvalue weighted by Gasteiger charge is -2.17. The number of pyridine rings is 2. The van der Waals surface area contributed by atoms with Gasteiger partial charge in [0.15, 0.2) is 0 Å². The lowest BCUT2D eigenvalue weighted by molar-refractivity contribution is -0.147. The van der Waals surface area contributed by atoms with Crippen LogP contribution in [0.4, 0.5) is 26.3 Å². The fourth-order valence-corrected chi connectivity index (χ4v) is 4.76. The van der Waals surface area contributed by atoms with Gasteiger partial charge in [-0.05, 0) is 43.3 Å². The molecule has 7 nitrogen and oxygen atoms in total. The predicted octanol–water partition coefficient (Wildman–Crippen LogP) is 5.21. The van der Waals surface area contributed by atoms with Gasteiger partial charge in [-0.2, -0.15) is 36.3 Å². The van der Waals surface area contributed by atoms with E-state index in [1.165, 1.54) is 21.6 Å². The maximum Gasteiger partial charge on any atom is 0.416 e. The molecule has 1 N–H and O–H groups in total. The van der Waals surface area contributed by atoms with Crippen LogP contribution in [0.2, 0.25) is 0 Å². The Labute approximate surface area is 206 Å². The smallest absolute Gasteiger partial charge is 0.291 e. The van der Waals surface area contributed by atoms with E-state index >= 15 is 0 Å². The van der Waals surface area contributed by atoms with Crippen molar-refractivity contribution in [3.8, 4) is 23.3 Å². The predicted molar refractivity (Wildman–Crippen MR) is 120 cm³/mol. The first-order valence-electron chi connectivity index (χ1n) is 10.4. The minimum Gasteiger partial charge on any atom is -0.291 e. The van der Waals surface area contributed by atoms with E-state index in [2.05, 4.69) is 9.97 Å². The molecule has 0 saturated carbocycles. The normalized spacial score (nSPS) is 13.5. The highest BCUT2D eigenvalue weighted by atomic mass is 32.2. The quantitative estimate of drug-likeness (QED) is 0.351. The summed E-state index contributed by atoms with van der Waals surface area (Å²) in [7, 11) is -4.61. The van der Waals surface area contributed by atoms with Crippen molar-refractivity contribution in [3.05, 3.63) is 72.1 Å². The molecule has 1 unspecified atom stereocenters. The van der Waals surface area contributed by atoms with E-state index in [1.54, 1.807) is 12.1 Å². The number of alkyl halides is 6. The number of nitrogens with one attached hydrogen (secondary N) is 1. The van der Waals surface area contributed by atoms with Crippen molar-refractivity contribution in [3.63, 3.8) is 0 Å². The molecule has 14 heteroatoms. The van der Waals surface area contributed by atoms with Crippen LogP contribution < -0.4 is 4.72 Å². The molecule has 1 atom stereocenters. The first-order valence-corrected chi connectivity index (χ1v) is 11.8. The van der Waals surface area contributed by atoms with E-state index in [0.29, 0.717) is 6.92 Å². The third-order valence-corrected chi connectivity index (χ3v) is 6.92. The molecule has 0 spiro atoms. The average molecular weight is 539 g/mol. The maximum atomic E-state index is 13.4. The molecule has 0 aliphatic heterocycles. The van der Waals surface area contributed by atoms with Crippen molar-refractivity contribution in [2.75, 3.05) is 0 Å². The number of nitriles is 1. The summed E-state index contributed by atoms with van der Waals surface area (Å²) in [4.78, 5) is 7.61. The number of sulfonamides is 1. The summed E-state index contributed by atoms with van der Waals surface area (Å²) >= 11 is 0. The van der Waals surface area contributed by atoms with Gasteiger partial charge in [-0.1, -0.05) is 12.1 Å². The summed E-state index contributed by atoms with van der Waals surface area (Å²) in [5.41, 5.74) is -1.02. The third-order valence-electron chi connectivity index (χ3n) is 5.40. The molecule has 0 amide bonds. The van der Waals surface area contributed by atoms with Gasteiger partial charge in [-0.3, -0.25) is 9.55 Å². The first-order chi connectivity index (χ1) is 17.2. The average Bonchev–Trinajstić information content (AvgIpc) is 3.17. The maximum absolute atomic E-state index is 13.4. The summed E-state index contributed by atoms with van der Waals surface area (Å²) in [5, 5.41) is 10.0. The van der Waals surface area contributed by atoms with Crippen LogP contribution in [0.1, 0.15) is 18.1 Å². The van der Waals surface area contributed by atoms with Gasteiger partial charge in [0.25, 0.3) is 0 Å². The Kier molecular flexibility index (Phi) is 6.47. The number of nitrogens with zero attached hydrogens (tertiary/aromatic N) is 4. The molecule has 0 fully saturated rings. The van der Waals surface area contributed by atoms with Crippen LogP contribution in [0.25, 0.3) is 28.1 Å². The Morgan fingerprint density at radius 3 is 2.30 bits per heavy atom. The van der Waals surface area contributed by atoms with Gasteiger partial charge in [0.1, 0.15) is 22.8 Å². The molecule has 4 aromatic rings. The van der Waals surface area contributed by atoms with Crippen LogP contribution in [0.15, 0.2) is 65.8 Å². The van der Waals surface area contributed by atoms with E-state index in [0.717, 1.165) is 36.5 Å². The molecule has 192 valence electrons. The Bertz CT molecular complexity index is 1610. The molecule has 0 aliphatic carbocycles. The Morgan fingerprint density at radius 2 is 1.76 bits per heavy atom. The van der Waals surface area contributed by atoms with E-state index in [9.17, 15) is 40.0 Å². The zero-order chi connectivity index (χ0) is 27.2. The number of aromatic nitrogens is 3. The van der Waals surface area contributed by atoms with Crippen molar-refractivity contribution in [1.29, 1.82) is 5.26 Å². The number of halogens is 6. The minimum atomic E-state index is -4.82. The largest absolute Gasteiger partial charge is 0.416 e. The second-order valence-corrected chi connectivity index (χ2v) is 9.57. The molecule has 3 heterocycles. The van der Waals surface area contributed by atoms with Gasteiger partial charge in [0.2, 0.25) is 10.0 Å². The highest BCUT2D eigenvalue weighted by Gasteiger charge is 2.39. The monoisotopic (exact) mass is 539 g/mol. The van der Waals surface area contributed by atoms with Crippen LogP contribution in [0.3, 0.4) is 0 Å². The molecule has 37 heavy (non-hydrogen) atoms. The van der Waals surface area contributed by atoms with Crippen molar-refractivity contribution < 1.29 is 34.8 Å². The van der Waals surface area contributed by atoms with Gasteiger partial charge >= 0.3 is 12.4 Å². The molecule has 0 saturated heterocycles. The topological polar surface area (TPSA) is 101 Å². The number of hydrogen-bond acceptors (Lipinski definition) is 5. The highest BCUT2D eigenvalue weighted by Crippen LogP contribution is 2.38. The fraction of sp³-hybridized carbons (Fsp3) is 0.174. The van der Waals surface area contributed by atoms with Crippen LogP contribution >= 0.6 is 0 Å². The number of benzene rings is 1. The lowest BCUT2D eigenvalue weighted by Crippen LogP contribution is -2.42. The molecule has 0 radical (unpaired) electrons. The molecule has 0 aliphatic rings. The molecule has 4 rings (SSSR count). The van der Waals surface area contributed by atoms with Crippen molar-refractivity contribution >= 4 is 20.9 Å². The van der Waals surface area contributed by atoms with E-state index in [-0.39, 0.29) is 33.7 Å². The van der Waals surface area contributed by atoms with Crippen LogP contribution in [0.5, 0.6) is 0 Å². The number of rotatable bonds is 5. The van der Waals surface area contributed by atoms with E-state index in [4.69, 9.17) is 0 Å². The van der Waals surface area contributed by atoms with Crippen LogP contribution in [-0.4, -0.2) is 35.2 Å². The summed E-state index contributed by atoms with van der Waals surface area (Å²) in [5.74, 6) is 0.155. The second kappa shape index (κ2) is 9.16. The standard InChI is InChI=1S/C23H15F6N5O2S/c1-13(22(24,25)26)33-37(35,36)15-6-8-18(32-12-15)21-17(11-30)16-7-5-14(23(27,28)29)10-19(16)34(21)20-4-2-3-9-31-20/h2-10,12-13,33H,1H3. The molecule has 1 aromatic carbocycles. The zero-order valence-corrected chi connectivity index (χ0v) is 19.4.